The molecule has 28 heavy (non-hydrogen) atoms. The first-order chi connectivity index (χ1) is 13.6. The highest BCUT2D eigenvalue weighted by Gasteiger charge is 2.32. The third-order valence-electron chi connectivity index (χ3n) is 7.56. The van der Waals surface area contributed by atoms with Crippen LogP contribution in [0.1, 0.15) is 89.5 Å². The van der Waals surface area contributed by atoms with Gasteiger partial charge in [-0.2, -0.15) is 0 Å². The Kier molecular flexibility index (Phi) is 8.32. The Hall–Kier alpha value is -0.960. The standard InChI is InChI=1S/C25H38F2O/c1-2-3-4-5-18-6-9-20(10-7-18)21-11-13-22(14-12-21)25(28)17-19-8-15-23(26)24(27)16-19/h8,15-16,18,20-22,25,28H,2-7,9-14,17H2,1H3/t18-,20-,21-,22-,25?. The van der Waals surface area contributed by atoms with Crippen LogP contribution in [-0.2, 0) is 6.42 Å². The lowest BCUT2D eigenvalue weighted by Gasteiger charge is -2.39. The van der Waals surface area contributed by atoms with Crippen LogP contribution >= 0.6 is 0 Å². The summed E-state index contributed by atoms with van der Waals surface area (Å²) in [5.41, 5.74) is 0.690. The molecule has 2 saturated carbocycles. The summed E-state index contributed by atoms with van der Waals surface area (Å²) in [5.74, 6) is 1.36. The monoisotopic (exact) mass is 392 g/mol. The molecular formula is C25H38F2O. The fourth-order valence-electron chi connectivity index (χ4n) is 5.71. The number of aliphatic hydroxyl groups is 1. The summed E-state index contributed by atoms with van der Waals surface area (Å²) >= 11 is 0. The summed E-state index contributed by atoms with van der Waals surface area (Å²) in [5, 5.41) is 10.6. The van der Waals surface area contributed by atoms with Crippen LogP contribution in [-0.4, -0.2) is 11.2 Å². The molecule has 1 atom stereocenters. The van der Waals surface area contributed by atoms with Crippen molar-refractivity contribution in [3.63, 3.8) is 0 Å². The van der Waals surface area contributed by atoms with Crippen LogP contribution in [0, 0.1) is 35.3 Å². The second kappa shape index (κ2) is 10.7. The van der Waals surface area contributed by atoms with Crippen molar-refractivity contribution in [2.45, 2.75) is 96.5 Å². The van der Waals surface area contributed by atoms with E-state index in [2.05, 4.69) is 6.92 Å². The maximum Gasteiger partial charge on any atom is 0.159 e. The first-order valence-corrected chi connectivity index (χ1v) is 11.7. The third kappa shape index (κ3) is 6.02. The molecule has 0 spiro atoms. The van der Waals surface area contributed by atoms with E-state index in [1.54, 1.807) is 6.07 Å². The quantitative estimate of drug-likeness (QED) is 0.469. The van der Waals surface area contributed by atoms with Gasteiger partial charge in [0.05, 0.1) is 6.10 Å². The molecule has 0 bridgehead atoms. The fourth-order valence-corrected chi connectivity index (χ4v) is 5.71. The molecule has 0 heterocycles. The van der Waals surface area contributed by atoms with Gasteiger partial charge in [0, 0.05) is 0 Å². The van der Waals surface area contributed by atoms with E-state index in [0.717, 1.165) is 36.7 Å². The average molecular weight is 393 g/mol. The Labute approximate surface area is 169 Å². The molecule has 0 amide bonds. The predicted molar refractivity (Wildman–Crippen MR) is 111 cm³/mol. The van der Waals surface area contributed by atoms with Crippen molar-refractivity contribution in [3.8, 4) is 0 Å². The smallest absolute Gasteiger partial charge is 0.159 e. The van der Waals surface area contributed by atoms with E-state index in [4.69, 9.17) is 0 Å². The van der Waals surface area contributed by atoms with Crippen molar-refractivity contribution in [2.24, 2.45) is 23.7 Å². The summed E-state index contributed by atoms with van der Waals surface area (Å²) in [6, 6.07) is 3.97. The molecule has 0 aliphatic heterocycles. The number of hydrogen-bond acceptors (Lipinski definition) is 1. The van der Waals surface area contributed by atoms with E-state index in [0.29, 0.717) is 17.9 Å². The van der Waals surface area contributed by atoms with Gasteiger partial charge in [-0.05, 0) is 86.3 Å². The van der Waals surface area contributed by atoms with Crippen LogP contribution in [0.2, 0.25) is 0 Å². The van der Waals surface area contributed by atoms with Gasteiger partial charge >= 0.3 is 0 Å². The van der Waals surface area contributed by atoms with E-state index < -0.39 is 17.7 Å². The van der Waals surface area contributed by atoms with E-state index in [-0.39, 0.29) is 0 Å². The van der Waals surface area contributed by atoms with Gasteiger partial charge < -0.3 is 5.11 Å². The van der Waals surface area contributed by atoms with Gasteiger partial charge in [0.2, 0.25) is 0 Å². The van der Waals surface area contributed by atoms with E-state index >= 15 is 0 Å². The summed E-state index contributed by atoms with van der Waals surface area (Å²) < 4.78 is 26.5. The number of halogens is 2. The maximum absolute atomic E-state index is 13.4. The molecule has 158 valence electrons. The number of benzene rings is 1. The van der Waals surface area contributed by atoms with E-state index in [9.17, 15) is 13.9 Å². The minimum Gasteiger partial charge on any atom is -0.392 e. The van der Waals surface area contributed by atoms with E-state index in [1.165, 1.54) is 70.3 Å². The molecular weight excluding hydrogens is 354 g/mol. The molecule has 1 N–H and O–H groups in total. The number of unbranched alkanes of at least 4 members (excludes halogenated alkanes) is 2. The molecule has 2 aliphatic carbocycles. The highest BCUT2D eigenvalue weighted by Crippen LogP contribution is 2.43. The highest BCUT2D eigenvalue weighted by atomic mass is 19.2. The maximum atomic E-state index is 13.4. The molecule has 1 aromatic carbocycles. The van der Waals surface area contributed by atoms with Crippen molar-refractivity contribution in [3.05, 3.63) is 35.4 Å². The Morgan fingerprint density at radius 1 is 0.893 bits per heavy atom. The number of hydrogen-bond donors (Lipinski definition) is 1. The van der Waals surface area contributed by atoms with Crippen LogP contribution < -0.4 is 0 Å². The van der Waals surface area contributed by atoms with Crippen molar-refractivity contribution in [2.75, 3.05) is 0 Å². The Morgan fingerprint density at radius 3 is 2.14 bits per heavy atom. The first kappa shape index (κ1) is 21.7. The SMILES string of the molecule is CCCCC[C@H]1CC[C@H]([C@H]2CC[C@H](C(O)Cc3ccc(F)c(F)c3)CC2)CC1. The number of aliphatic hydroxyl groups excluding tert-OH is 1. The molecule has 2 aliphatic rings. The second-order valence-electron chi connectivity index (χ2n) is 9.47. The second-order valence-corrected chi connectivity index (χ2v) is 9.47. The third-order valence-corrected chi connectivity index (χ3v) is 7.56. The van der Waals surface area contributed by atoms with Crippen molar-refractivity contribution >= 4 is 0 Å². The molecule has 0 saturated heterocycles. The van der Waals surface area contributed by atoms with Gasteiger partial charge in [0.25, 0.3) is 0 Å². The largest absolute Gasteiger partial charge is 0.392 e. The lowest BCUT2D eigenvalue weighted by molar-refractivity contribution is 0.0570. The average Bonchev–Trinajstić information content (AvgIpc) is 2.72. The molecule has 2 fully saturated rings. The van der Waals surface area contributed by atoms with Gasteiger partial charge in [-0.1, -0.05) is 51.5 Å². The van der Waals surface area contributed by atoms with Gasteiger partial charge in [-0.15, -0.1) is 0 Å². The summed E-state index contributed by atoms with van der Waals surface area (Å²) in [7, 11) is 0. The zero-order valence-corrected chi connectivity index (χ0v) is 17.5. The minimum atomic E-state index is -0.821. The van der Waals surface area contributed by atoms with Crippen molar-refractivity contribution < 1.29 is 13.9 Å². The zero-order valence-electron chi connectivity index (χ0n) is 17.5. The minimum absolute atomic E-state index is 0.301. The summed E-state index contributed by atoms with van der Waals surface area (Å²) in [6.07, 6.45) is 15.8. The van der Waals surface area contributed by atoms with Crippen LogP contribution in [0.3, 0.4) is 0 Å². The van der Waals surface area contributed by atoms with Crippen LogP contribution in [0.25, 0.3) is 0 Å². The van der Waals surface area contributed by atoms with Gasteiger partial charge in [0.1, 0.15) is 0 Å². The molecule has 1 aromatic rings. The predicted octanol–water partition coefficient (Wildman–Crippen LogP) is 7.06. The molecule has 0 radical (unpaired) electrons. The highest BCUT2D eigenvalue weighted by molar-refractivity contribution is 5.18. The van der Waals surface area contributed by atoms with Crippen LogP contribution in [0.5, 0.6) is 0 Å². The van der Waals surface area contributed by atoms with Gasteiger partial charge in [0.15, 0.2) is 11.6 Å². The molecule has 3 rings (SSSR count). The van der Waals surface area contributed by atoms with E-state index in [1.807, 2.05) is 0 Å². The molecule has 3 heteroatoms. The van der Waals surface area contributed by atoms with Crippen molar-refractivity contribution in [1.29, 1.82) is 0 Å². The Bertz CT molecular complexity index is 586. The van der Waals surface area contributed by atoms with Crippen LogP contribution in [0.4, 0.5) is 8.78 Å². The van der Waals surface area contributed by atoms with Gasteiger partial charge in [-0.3, -0.25) is 0 Å². The van der Waals surface area contributed by atoms with Crippen LogP contribution in [0.15, 0.2) is 18.2 Å². The summed E-state index contributed by atoms with van der Waals surface area (Å²) in [6.45, 7) is 2.28. The lowest BCUT2D eigenvalue weighted by Crippen LogP contribution is -2.31. The zero-order chi connectivity index (χ0) is 19.9. The molecule has 1 nitrogen and oxygen atoms in total. The first-order valence-electron chi connectivity index (χ1n) is 11.7. The lowest BCUT2D eigenvalue weighted by atomic mass is 9.68. The van der Waals surface area contributed by atoms with Crippen molar-refractivity contribution in [1.82, 2.24) is 0 Å². The van der Waals surface area contributed by atoms with Gasteiger partial charge in [-0.25, -0.2) is 8.78 Å². The summed E-state index contributed by atoms with van der Waals surface area (Å²) in [4.78, 5) is 0. The molecule has 0 aromatic heterocycles. The Morgan fingerprint density at radius 2 is 1.54 bits per heavy atom. The number of rotatable bonds is 8. The Balaban J connectivity index is 1.39. The normalized spacial score (nSPS) is 29.6. The fraction of sp³-hybridized carbons (Fsp3) is 0.760. The molecule has 1 unspecified atom stereocenters. The topological polar surface area (TPSA) is 20.2 Å².